The van der Waals surface area contributed by atoms with E-state index in [1.165, 1.54) is 0 Å². The zero-order valence-corrected chi connectivity index (χ0v) is 15.0. The molecule has 1 aliphatic heterocycles. The number of nitrogens with zero attached hydrogens (tertiary/aromatic N) is 4. The summed E-state index contributed by atoms with van der Waals surface area (Å²) in [6, 6.07) is 11.0. The van der Waals surface area contributed by atoms with E-state index in [1.807, 2.05) is 29.2 Å². The molecule has 7 heteroatoms. The van der Waals surface area contributed by atoms with Crippen molar-refractivity contribution in [3.8, 4) is 17.2 Å². The Kier molecular flexibility index (Phi) is 4.82. The van der Waals surface area contributed by atoms with E-state index in [-0.39, 0.29) is 11.8 Å². The van der Waals surface area contributed by atoms with Gasteiger partial charge >= 0.3 is 0 Å². The molecule has 4 rings (SSSR count). The lowest BCUT2D eigenvalue weighted by molar-refractivity contribution is 0.0698. The molecule has 27 heavy (non-hydrogen) atoms. The zero-order valence-electron chi connectivity index (χ0n) is 15.0. The zero-order chi connectivity index (χ0) is 18.6. The lowest BCUT2D eigenvalue weighted by Gasteiger charge is -2.31. The Morgan fingerprint density at radius 2 is 2.07 bits per heavy atom. The van der Waals surface area contributed by atoms with Crippen LogP contribution in [0.15, 0.2) is 53.2 Å². The predicted octanol–water partition coefficient (Wildman–Crippen LogP) is 3.16. The highest BCUT2D eigenvalue weighted by molar-refractivity contribution is 5.93. The minimum atomic E-state index is -0.0114. The second-order valence-corrected chi connectivity index (χ2v) is 6.51. The maximum atomic E-state index is 12.7. The smallest absolute Gasteiger partial charge is 0.255 e. The van der Waals surface area contributed by atoms with E-state index in [9.17, 15) is 4.79 Å². The number of piperidine rings is 1. The van der Waals surface area contributed by atoms with Gasteiger partial charge in [0.25, 0.3) is 5.91 Å². The molecule has 1 saturated heterocycles. The predicted molar refractivity (Wildman–Crippen MR) is 98.4 cm³/mol. The normalized spacial score (nSPS) is 16.9. The maximum Gasteiger partial charge on any atom is 0.255 e. The van der Waals surface area contributed by atoms with E-state index < -0.39 is 0 Å². The summed E-state index contributed by atoms with van der Waals surface area (Å²) in [4.78, 5) is 18.5. The molecule has 3 heterocycles. The number of carbonyl (C=O) groups is 1. The van der Waals surface area contributed by atoms with E-state index >= 15 is 0 Å². The summed E-state index contributed by atoms with van der Waals surface area (Å²) in [5.41, 5.74) is 1.44. The van der Waals surface area contributed by atoms with Crippen LogP contribution in [0.25, 0.3) is 11.5 Å². The van der Waals surface area contributed by atoms with Crippen molar-refractivity contribution >= 4 is 5.91 Å². The van der Waals surface area contributed by atoms with Gasteiger partial charge in [-0.15, -0.1) is 10.2 Å². The van der Waals surface area contributed by atoms with Crippen molar-refractivity contribution in [1.82, 2.24) is 20.1 Å². The Balaban J connectivity index is 1.48. The van der Waals surface area contributed by atoms with Gasteiger partial charge in [-0.2, -0.15) is 0 Å². The van der Waals surface area contributed by atoms with Gasteiger partial charge in [-0.25, -0.2) is 0 Å². The molecule has 1 amide bonds. The number of benzene rings is 1. The molecule has 138 valence electrons. The maximum absolute atomic E-state index is 12.7. The van der Waals surface area contributed by atoms with Crippen LogP contribution in [-0.4, -0.2) is 46.2 Å². The highest BCUT2D eigenvalue weighted by atomic mass is 16.5. The number of ether oxygens (including phenoxy) is 1. The van der Waals surface area contributed by atoms with Crippen molar-refractivity contribution in [2.45, 2.75) is 18.8 Å². The Hall–Kier alpha value is -3.22. The highest BCUT2D eigenvalue weighted by Crippen LogP contribution is 2.29. The summed E-state index contributed by atoms with van der Waals surface area (Å²) in [5.74, 6) is 1.85. The van der Waals surface area contributed by atoms with Gasteiger partial charge in [0.2, 0.25) is 11.8 Å². The van der Waals surface area contributed by atoms with E-state index in [0.29, 0.717) is 23.9 Å². The molecule has 0 saturated carbocycles. The number of pyridine rings is 1. The van der Waals surface area contributed by atoms with Gasteiger partial charge in [0.05, 0.1) is 18.6 Å². The molecule has 0 N–H and O–H groups in total. The molecule has 0 spiro atoms. The number of amides is 1. The molecule has 1 atom stereocenters. The van der Waals surface area contributed by atoms with Crippen LogP contribution in [0.3, 0.4) is 0 Å². The molecule has 0 bridgehead atoms. The Labute approximate surface area is 157 Å². The van der Waals surface area contributed by atoms with E-state index in [0.717, 1.165) is 30.7 Å². The molecule has 1 fully saturated rings. The highest BCUT2D eigenvalue weighted by Gasteiger charge is 2.29. The molecule has 1 aromatic carbocycles. The second-order valence-electron chi connectivity index (χ2n) is 6.51. The number of likely N-dealkylation sites (tertiary alicyclic amines) is 1. The Bertz CT molecular complexity index is 908. The van der Waals surface area contributed by atoms with Crippen LogP contribution in [0.2, 0.25) is 0 Å². The number of hydrogen-bond acceptors (Lipinski definition) is 6. The first-order valence-corrected chi connectivity index (χ1v) is 8.91. The molecule has 1 aliphatic rings. The largest absolute Gasteiger partial charge is 0.497 e. The molecule has 0 unspecified atom stereocenters. The molecular formula is C20H20N4O3. The summed E-state index contributed by atoms with van der Waals surface area (Å²) in [7, 11) is 1.63. The van der Waals surface area contributed by atoms with Gasteiger partial charge in [0.1, 0.15) is 5.75 Å². The third kappa shape index (κ3) is 3.67. The molecule has 2 aromatic heterocycles. The lowest BCUT2D eigenvalue weighted by Crippen LogP contribution is -2.39. The van der Waals surface area contributed by atoms with Crippen LogP contribution >= 0.6 is 0 Å². The summed E-state index contributed by atoms with van der Waals surface area (Å²) in [6.07, 6.45) is 5.08. The van der Waals surface area contributed by atoms with Crippen LogP contribution in [-0.2, 0) is 0 Å². The average Bonchev–Trinajstić information content (AvgIpc) is 3.24. The summed E-state index contributed by atoms with van der Waals surface area (Å²) in [6.45, 7) is 1.29. The minimum absolute atomic E-state index is 0.0114. The molecule has 3 aromatic rings. The Morgan fingerprint density at radius 1 is 1.22 bits per heavy atom. The third-order valence-corrected chi connectivity index (χ3v) is 4.74. The number of carbonyl (C=O) groups excluding carboxylic acids is 1. The SMILES string of the molecule is COc1ccc(-c2nnc([C@H]3CCCN(C(=O)c4cccnc4)C3)o2)cc1. The first-order valence-electron chi connectivity index (χ1n) is 8.91. The van der Waals surface area contributed by atoms with Crippen molar-refractivity contribution in [3.63, 3.8) is 0 Å². The van der Waals surface area contributed by atoms with Gasteiger partial charge in [0, 0.05) is 31.0 Å². The van der Waals surface area contributed by atoms with E-state index in [1.54, 1.807) is 31.6 Å². The lowest BCUT2D eigenvalue weighted by atomic mass is 9.97. The fraction of sp³-hybridized carbons (Fsp3) is 0.300. The number of methoxy groups -OCH3 is 1. The van der Waals surface area contributed by atoms with Crippen LogP contribution in [0, 0.1) is 0 Å². The van der Waals surface area contributed by atoms with Crippen molar-refractivity contribution in [2.24, 2.45) is 0 Å². The van der Waals surface area contributed by atoms with Crippen molar-refractivity contribution in [2.75, 3.05) is 20.2 Å². The van der Waals surface area contributed by atoms with E-state index in [2.05, 4.69) is 15.2 Å². The molecule has 7 nitrogen and oxygen atoms in total. The monoisotopic (exact) mass is 364 g/mol. The fourth-order valence-corrected chi connectivity index (χ4v) is 3.28. The van der Waals surface area contributed by atoms with Gasteiger partial charge in [-0.1, -0.05) is 0 Å². The number of rotatable bonds is 4. The van der Waals surface area contributed by atoms with Gasteiger partial charge < -0.3 is 14.1 Å². The Morgan fingerprint density at radius 3 is 2.81 bits per heavy atom. The molecule has 0 aliphatic carbocycles. The topological polar surface area (TPSA) is 81.4 Å². The second kappa shape index (κ2) is 7.57. The standard InChI is InChI=1S/C20H20N4O3/c1-26-17-8-6-14(7-9-17)18-22-23-19(27-18)16-5-3-11-24(13-16)20(25)15-4-2-10-21-12-15/h2,4,6-10,12,16H,3,5,11,13H2,1H3/t16-/m0/s1. The number of hydrogen-bond donors (Lipinski definition) is 0. The van der Waals surface area contributed by atoms with Crippen molar-refractivity contribution in [1.29, 1.82) is 0 Å². The van der Waals surface area contributed by atoms with Gasteiger partial charge in [0.15, 0.2) is 0 Å². The van der Waals surface area contributed by atoms with Crippen LogP contribution in [0.5, 0.6) is 5.75 Å². The minimum Gasteiger partial charge on any atom is -0.497 e. The van der Waals surface area contributed by atoms with E-state index in [4.69, 9.17) is 9.15 Å². The molecule has 0 radical (unpaired) electrons. The van der Waals surface area contributed by atoms with Gasteiger partial charge in [-0.3, -0.25) is 9.78 Å². The van der Waals surface area contributed by atoms with Crippen molar-refractivity contribution in [3.05, 3.63) is 60.2 Å². The summed E-state index contributed by atoms with van der Waals surface area (Å²) >= 11 is 0. The van der Waals surface area contributed by atoms with Crippen LogP contribution < -0.4 is 4.74 Å². The van der Waals surface area contributed by atoms with Gasteiger partial charge in [-0.05, 0) is 49.2 Å². The third-order valence-electron chi connectivity index (χ3n) is 4.74. The fourth-order valence-electron chi connectivity index (χ4n) is 3.28. The number of aromatic nitrogens is 3. The van der Waals surface area contributed by atoms with Crippen LogP contribution in [0.4, 0.5) is 0 Å². The first kappa shape index (κ1) is 17.2. The average molecular weight is 364 g/mol. The molecular weight excluding hydrogens is 344 g/mol. The summed E-state index contributed by atoms with van der Waals surface area (Å²) in [5, 5.41) is 8.40. The quantitative estimate of drug-likeness (QED) is 0.707. The first-order chi connectivity index (χ1) is 13.2. The summed E-state index contributed by atoms with van der Waals surface area (Å²) < 4.78 is 11.1. The van der Waals surface area contributed by atoms with Crippen LogP contribution in [0.1, 0.15) is 35.0 Å². The van der Waals surface area contributed by atoms with Crippen molar-refractivity contribution < 1.29 is 13.9 Å².